The highest BCUT2D eigenvalue weighted by molar-refractivity contribution is 5.97. The van der Waals surface area contributed by atoms with Gasteiger partial charge in [0.05, 0.1) is 6.04 Å². The first kappa shape index (κ1) is 17.0. The SMILES string of the molecule is CC(C)(C)C(N)CNC(=O)CC1=NC(C(C)(C)C)CO1. The van der Waals surface area contributed by atoms with Gasteiger partial charge in [0.25, 0.3) is 0 Å². The lowest BCUT2D eigenvalue weighted by Crippen LogP contribution is -2.45. The predicted octanol–water partition coefficient (Wildman–Crippen LogP) is 1.71. The zero-order valence-corrected chi connectivity index (χ0v) is 13.6. The normalized spacial score (nSPS) is 21.1. The second kappa shape index (κ2) is 6.12. The van der Waals surface area contributed by atoms with Gasteiger partial charge in [-0.2, -0.15) is 0 Å². The van der Waals surface area contributed by atoms with Gasteiger partial charge in [-0.25, -0.2) is 4.99 Å². The third-order valence-corrected chi connectivity index (χ3v) is 3.65. The minimum Gasteiger partial charge on any atom is -0.478 e. The van der Waals surface area contributed by atoms with Gasteiger partial charge in [0.15, 0.2) is 5.90 Å². The number of carbonyl (C=O) groups is 1. The van der Waals surface area contributed by atoms with Crippen LogP contribution in [0.25, 0.3) is 0 Å². The molecule has 2 atom stereocenters. The molecule has 3 N–H and O–H groups in total. The monoisotopic (exact) mass is 283 g/mol. The molecule has 0 aromatic carbocycles. The Morgan fingerprint density at radius 1 is 1.40 bits per heavy atom. The molecule has 0 saturated carbocycles. The molecule has 0 saturated heterocycles. The topological polar surface area (TPSA) is 76.7 Å². The van der Waals surface area contributed by atoms with Gasteiger partial charge in [0, 0.05) is 12.6 Å². The molecular weight excluding hydrogens is 254 g/mol. The summed E-state index contributed by atoms with van der Waals surface area (Å²) < 4.78 is 5.49. The first-order chi connectivity index (χ1) is 9.00. The summed E-state index contributed by atoms with van der Waals surface area (Å²) in [5, 5.41) is 2.84. The predicted molar refractivity (Wildman–Crippen MR) is 81.7 cm³/mol. The molecule has 0 aliphatic carbocycles. The summed E-state index contributed by atoms with van der Waals surface area (Å²) >= 11 is 0. The van der Waals surface area contributed by atoms with E-state index in [1.165, 1.54) is 0 Å². The second-order valence-electron chi connectivity index (χ2n) is 7.67. The molecular formula is C15H29N3O2. The van der Waals surface area contributed by atoms with Gasteiger partial charge in [0.2, 0.25) is 5.91 Å². The van der Waals surface area contributed by atoms with Crippen LogP contribution in [0.2, 0.25) is 0 Å². The Bertz CT molecular complexity index is 378. The molecule has 1 rings (SSSR count). The second-order valence-corrected chi connectivity index (χ2v) is 7.67. The Morgan fingerprint density at radius 3 is 2.45 bits per heavy atom. The molecule has 0 bridgehead atoms. The maximum atomic E-state index is 11.9. The van der Waals surface area contributed by atoms with Crippen molar-refractivity contribution in [1.82, 2.24) is 5.32 Å². The van der Waals surface area contributed by atoms with Crippen molar-refractivity contribution >= 4 is 11.8 Å². The van der Waals surface area contributed by atoms with E-state index in [0.717, 1.165) is 0 Å². The van der Waals surface area contributed by atoms with Gasteiger partial charge in [-0.3, -0.25) is 4.79 Å². The maximum absolute atomic E-state index is 11.9. The minimum absolute atomic E-state index is 0.0218. The van der Waals surface area contributed by atoms with Crippen LogP contribution in [0.15, 0.2) is 4.99 Å². The fourth-order valence-corrected chi connectivity index (χ4v) is 1.69. The first-order valence-electron chi connectivity index (χ1n) is 7.22. The van der Waals surface area contributed by atoms with Gasteiger partial charge in [-0.15, -0.1) is 0 Å². The molecule has 0 fully saturated rings. The number of hydrogen-bond donors (Lipinski definition) is 2. The lowest BCUT2D eigenvalue weighted by Gasteiger charge is -2.27. The highest BCUT2D eigenvalue weighted by Crippen LogP contribution is 2.26. The highest BCUT2D eigenvalue weighted by atomic mass is 16.5. The van der Waals surface area contributed by atoms with Crippen LogP contribution < -0.4 is 11.1 Å². The molecule has 116 valence electrons. The average Bonchev–Trinajstić information content (AvgIpc) is 2.72. The molecule has 5 heteroatoms. The van der Waals surface area contributed by atoms with Gasteiger partial charge >= 0.3 is 0 Å². The third-order valence-electron chi connectivity index (χ3n) is 3.65. The molecule has 20 heavy (non-hydrogen) atoms. The van der Waals surface area contributed by atoms with Crippen LogP contribution in [0.5, 0.6) is 0 Å². The van der Waals surface area contributed by atoms with Crippen LogP contribution in [0.4, 0.5) is 0 Å². The van der Waals surface area contributed by atoms with Crippen LogP contribution in [0.3, 0.4) is 0 Å². The van der Waals surface area contributed by atoms with E-state index in [-0.39, 0.29) is 35.2 Å². The van der Waals surface area contributed by atoms with Crippen molar-refractivity contribution in [3.63, 3.8) is 0 Å². The molecule has 2 unspecified atom stereocenters. The van der Waals surface area contributed by atoms with Crippen molar-refractivity contribution in [2.75, 3.05) is 13.2 Å². The number of nitrogens with one attached hydrogen (secondary N) is 1. The Hall–Kier alpha value is -1.10. The number of ether oxygens (including phenoxy) is 1. The molecule has 1 aliphatic rings. The van der Waals surface area contributed by atoms with E-state index in [1.807, 2.05) is 0 Å². The van der Waals surface area contributed by atoms with Gasteiger partial charge in [-0.05, 0) is 10.8 Å². The fraction of sp³-hybridized carbons (Fsp3) is 0.867. The number of hydrogen-bond acceptors (Lipinski definition) is 4. The summed E-state index contributed by atoms with van der Waals surface area (Å²) in [7, 11) is 0. The minimum atomic E-state index is -0.0852. The molecule has 0 radical (unpaired) electrons. The number of carbonyl (C=O) groups excluding carboxylic acids is 1. The smallest absolute Gasteiger partial charge is 0.229 e. The molecule has 0 spiro atoms. The van der Waals surface area contributed by atoms with Crippen LogP contribution in [0.1, 0.15) is 48.0 Å². The first-order valence-corrected chi connectivity index (χ1v) is 7.22. The standard InChI is InChI=1S/C15H29N3O2/c1-14(2,3)10(16)8-17-12(19)7-13-18-11(9-20-13)15(4,5)6/h10-11H,7-9,16H2,1-6H3,(H,17,19). The van der Waals surface area contributed by atoms with Gasteiger partial charge in [0.1, 0.15) is 13.0 Å². The Labute approximate surface area is 122 Å². The number of amides is 1. The van der Waals surface area contributed by atoms with E-state index in [1.54, 1.807) is 0 Å². The molecule has 1 aliphatic heterocycles. The van der Waals surface area contributed by atoms with Gasteiger partial charge in [-0.1, -0.05) is 41.5 Å². The van der Waals surface area contributed by atoms with Gasteiger partial charge < -0.3 is 15.8 Å². The molecule has 1 amide bonds. The van der Waals surface area contributed by atoms with E-state index in [2.05, 4.69) is 51.9 Å². The fourth-order valence-electron chi connectivity index (χ4n) is 1.69. The molecule has 0 aromatic rings. The van der Waals surface area contributed by atoms with E-state index < -0.39 is 0 Å². The molecule has 1 heterocycles. The van der Waals surface area contributed by atoms with Crippen LogP contribution >= 0.6 is 0 Å². The summed E-state index contributed by atoms with van der Waals surface area (Å²) in [6.07, 6.45) is 0.198. The Kier molecular flexibility index (Phi) is 5.19. The zero-order valence-electron chi connectivity index (χ0n) is 13.6. The van der Waals surface area contributed by atoms with Crippen LogP contribution in [-0.4, -0.2) is 37.0 Å². The van der Waals surface area contributed by atoms with Crippen LogP contribution in [-0.2, 0) is 9.53 Å². The van der Waals surface area contributed by atoms with Crippen molar-refractivity contribution in [3.8, 4) is 0 Å². The van der Waals surface area contributed by atoms with E-state index in [4.69, 9.17) is 10.5 Å². The summed E-state index contributed by atoms with van der Waals surface area (Å²) in [5.41, 5.74) is 6.05. The number of aliphatic imine (C=N–C) groups is 1. The van der Waals surface area contributed by atoms with Crippen LogP contribution in [0, 0.1) is 10.8 Å². The zero-order chi connectivity index (χ0) is 15.6. The molecule has 0 aromatic heterocycles. The summed E-state index contributed by atoms with van der Waals surface area (Å²) in [6, 6.07) is 0.0577. The lowest BCUT2D eigenvalue weighted by molar-refractivity contribution is -0.120. The largest absolute Gasteiger partial charge is 0.478 e. The Morgan fingerprint density at radius 2 is 2.00 bits per heavy atom. The molecule has 5 nitrogen and oxygen atoms in total. The third kappa shape index (κ3) is 5.12. The van der Waals surface area contributed by atoms with Crippen molar-refractivity contribution < 1.29 is 9.53 Å². The highest BCUT2D eigenvalue weighted by Gasteiger charge is 2.30. The van der Waals surface area contributed by atoms with Crippen molar-refractivity contribution in [1.29, 1.82) is 0 Å². The van der Waals surface area contributed by atoms with Crippen molar-refractivity contribution in [2.45, 2.75) is 60.0 Å². The van der Waals surface area contributed by atoms with E-state index in [9.17, 15) is 4.79 Å². The number of nitrogens with two attached hydrogens (primary N) is 1. The van der Waals surface area contributed by atoms with Crippen molar-refractivity contribution in [3.05, 3.63) is 0 Å². The summed E-state index contributed by atoms with van der Waals surface area (Å²) in [5.74, 6) is 0.449. The van der Waals surface area contributed by atoms with E-state index >= 15 is 0 Å². The average molecular weight is 283 g/mol. The lowest BCUT2D eigenvalue weighted by atomic mass is 9.87. The number of nitrogens with zero attached hydrogens (tertiary/aromatic N) is 1. The quantitative estimate of drug-likeness (QED) is 0.824. The Balaban J connectivity index is 2.41. The van der Waals surface area contributed by atoms with Crippen molar-refractivity contribution in [2.24, 2.45) is 21.6 Å². The summed E-state index contributed by atoms with van der Waals surface area (Å²) in [6.45, 7) is 13.6. The number of rotatable bonds is 4. The maximum Gasteiger partial charge on any atom is 0.229 e. The van der Waals surface area contributed by atoms with E-state index in [0.29, 0.717) is 19.0 Å². The summed E-state index contributed by atoms with van der Waals surface area (Å²) in [4.78, 5) is 16.3.